The summed E-state index contributed by atoms with van der Waals surface area (Å²) >= 11 is 1.76. The lowest BCUT2D eigenvalue weighted by Gasteiger charge is -2.34. The first-order valence-electron chi connectivity index (χ1n) is 10.6. The number of amides is 2. The van der Waals surface area contributed by atoms with Gasteiger partial charge in [-0.05, 0) is 43.3 Å². The number of aromatic nitrogens is 2. The zero-order valence-electron chi connectivity index (χ0n) is 18.2. The Kier molecular flexibility index (Phi) is 7.24. The number of hydrogen-bond donors (Lipinski definition) is 2. The summed E-state index contributed by atoms with van der Waals surface area (Å²) in [6.45, 7) is 4.33. The number of urea groups is 1. The van der Waals surface area contributed by atoms with Crippen LogP contribution < -0.4 is 15.5 Å². The molecule has 166 valence electrons. The van der Waals surface area contributed by atoms with Crippen molar-refractivity contribution in [2.75, 3.05) is 37.0 Å². The molecule has 0 unspecified atom stereocenters. The Labute approximate surface area is 192 Å². The van der Waals surface area contributed by atoms with Gasteiger partial charge < -0.3 is 20.3 Å². The van der Waals surface area contributed by atoms with E-state index in [1.807, 2.05) is 42.5 Å². The molecule has 1 aromatic heterocycles. The number of carbonyl (C=O) groups excluding carboxylic acids is 1. The number of rotatable bonds is 6. The second kappa shape index (κ2) is 10.5. The zero-order valence-corrected chi connectivity index (χ0v) is 19.1. The van der Waals surface area contributed by atoms with Gasteiger partial charge in [0.05, 0.1) is 24.9 Å². The highest BCUT2D eigenvalue weighted by atomic mass is 32.2. The number of ether oxygens (including phenoxy) is 1. The first-order chi connectivity index (χ1) is 15.6. The summed E-state index contributed by atoms with van der Waals surface area (Å²) in [6, 6.07) is 20.0. The number of anilines is 2. The molecule has 2 amide bonds. The lowest BCUT2D eigenvalue weighted by Crippen LogP contribution is -2.44. The second-order valence-electron chi connectivity index (χ2n) is 7.54. The summed E-state index contributed by atoms with van der Waals surface area (Å²) in [5.74, 6) is 2.35. The second-order valence-corrected chi connectivity index (χ2v) is 8.59. The quantitative estimate of drug-likeness (QED) is 0.543. The van der Waals surface area contributed by atoms with E-state index < -0.39 is 0 Å². The lowest BCUT2D eigenvalue weighted by molar-refractivity contribution is 0.0985. The number of hydrogen-bond acceptors (Lipinski definition) is 6. The molecule has 2 heterocycles. The topological polar surface area (TPSA) is 79.4 Å². The van der Waals surface area contributed by atoms with Crippen LogP contribution in [-0.2, 0) is 10.5 Å². The normalized spacial score (nSPS) is 15.9. The minimum Gasteiger partial charge on any atom is -0.377 e. The van der Waals surface area contributed by atoms with Crippen molar-refractivity contribution < 1.29 is 9.53 Å². The summed E-state index contributed by atoms with van der Waals surface area (Å²) in [5, 5.41) is 5.32. The van der Waals surface area contributed by atoms with Gasteiger partial charge in [0.2, 0.25) is 0 Å². The van der Waals surface area contributed by atoms with Crippen molar-refractivity contribution in [2.24, 2.45) is 0 Å². The van der Waals surface area contributed by atoms with Gasteiger partial charge in [-0.15, -0.1) is 11.8 Å². The maximum Gasteiger partial charge on any atom is 0.318 e. The summed E-state index contributed by atoms with van der Waals surface area (Å²) in [5.41, 5.74) is 2.59. The minimum absolute atomic E-state index is 0.250. The summed E-state index contributed by atoms with van der Waals surface area (Å²) in [7, 11) is 1.59. The highest BCUT2D eigenvalue weighted by Crippen LogP contribution is 2.28. The van der Waals surface area contributed by atoms with Crippen LogP contribution in [0.25, 0.3) is 11.4 Å². The highest BCUT2D eigenvalue weighted by Gasteiger charge is 2.22. The number of thioether (sulfide) groups is 1. The molecule has 1 saturated heterocycles. The van der Waals surface area contributed by atoms with Crippen molar-refractivity contribution >= 4 is 29.3 Å². The number of benzene rings is 2. The Bertz CT molecular complexity index is 1050. The molecule has 0 aliphatic carbocycles. The third-order valence-corrected chi connectivity index (χ3v) is 6.23. The van der Waals surface area contributed by atoms with E-state index in [4.69, 9.17) is 14.7 Å². The average molecular weight is 450 g/mol. The molecule has 7 nitrogen and oxygen atoms in total. The average Bonchev–Trinajstić information content (AvgIpc) is 2.84. The Balaban J connectivity index is 1.62. The standard InChI is InChI=1S/C24H27N5O2S/c1-17-15-31-13-12-29(17)22-14-20(16-32-21-6-4-3-5-7-21)26-23(28-22)18-8-10-19(11-9-18)27-24(30)25-2/h3-11,14,17H,12-13,15-16H2,1-2H3,(H2,25,27,30)/t17-/m1/s1. The molecular formula is C24H27N5O2S. The largest absolute Gasteiger partial charge is 0.377 e. The van der Waals surface area contributed by atoms with Crippen molar-refractivity contribution in [3.8, 4) is 11.4 Å². The Morgan fingerprint density at radius 3 is 2.66 bits per heavy atom. The fourth-order valence-electron chi connectivity index (χ4n) is 3.47. The smallest absolute Gasteiger partial charge is 0.318 e. The van der Waals surface area contributed by atoms with Crippen LogP contribution in [0, 0.1) is 0 Å². The molecule has 2 aromatic carbocycles. The van der Waals surface area contributed by atoms with Crippen molar-refractivity contribution in [3.05, 3.63) is 66.4 Å². The van der Waals surface area contributed by atoms with Crippen LogP contribution in [-0.4, -0.2) is 48.8 Å². The van der Waals surface area contributed by atoms with E-state index >= 15 is 0 Å². The van der Waals surface area contributed by atoms with Gasteiger partial charge in [-0.25, -0.2) is 14.8 Å². The SMILES string of the molecule is CNC(=O)Nc1ccc(-c2nc(CSc3ccccc3)cc(N3CCOC[C@H]3C)n2)cc1. The van der Waals surface area contributed by atoms with Crippen LogP contribution in [0.15, 0.2) is 65.6 Å². The van der Waals surface area contributed by atoms with Crippen LogP contribution in [0.3, 0.4) is 0 Å². The van der Waals surface area contributed by atoms with E-state index in [0.29, 0.717) is 24.7 Å². The maximum atomic E-state index is 11.6. The monoisotopic (exact) mass is 449 g/mol. The minimum atomic E-state index is -0.252. The Morgan fingerprint density at radius 2 is 1.94 bits per heavy atom. The molecule has 0 saturated carbocycles. The van der Waals surface area contributed by atoms with Crippen molar-refractivity contribution in [1.29, 1.82) is 0 Å². The molecule has 1 fully saturated rings. The van der Waals surface area contributed by atoms with E-state index in [9.17, 15) is 4.79 Å². The van der Waals surface area contributed by atoms with E-state index in [1.165, 1.54) is 4.90 Å². The van der Waals surface area contributed by atoms with E-state index in [2.05, 4.69) is 40.7 Å². The molecule has 8 heteroatoms. The van der Waals surface area contributed by atoms with Crippen LogP contribution in [0.2, 0.25) is 0 Å². The first kappa shape index (κ1) is 22.1. The number of nitrogens with zero attached hydrogens (tertiary/aromatic N) is 3. The predicted octanol–water partition coefficient (Wildman–Crippen LogP) is 4.41. The van der Waals surface area contributed by atoms with Gasteiger partial charge in [0.15, 0.2) is 5.82 Å². The molecule has 4 rings (SSSR count). The van der Waals surface area contributed by atoms with Crippen molar-refractivity contribution in [2.45, 2.75) is 23.6 Å². The van der Waals surface area contributed by atoms with Crippen LogP contribution in [0.4, 0.5) is 16.3 Å². The summed E-state index contributed by atoms with van der Waals surface area (Å²) in [4.78, 5) is 24.8. The van der Waals surface area contributed by atoms with Crippen LogP contribution >= 0.6 is 11.8 Å². The third kappa shape index (κ3) is 5.57. The van der Waals surface area contributed by atoms with Crippen LogP contribution in [0.5, 0.6) is 0 Å². The maximum absolute atomic E-state index is 11.6. The molecule has 0 radical (unpaired) electrons. The molecule has 1 aliphatic heterocycles. The van der Waals surface area contributed by atoms with Gasteiger partial charge in [-0.2, -0.15) is 0 Å². The molecule has 32 heavy (non-hydrogen) atoms. The van der Waals surface area contributed by atoms with Gasteiger partial charge in [0.25, 0.3) is 0 Å². The third-order valence-electron chi connectivity index (χ3n) is 5.19. The number of carbonyl (C=O) groups is 1. The fourth-order valence-corrected chi connectivity index (χ4v) is 4.28. The predicted molar refractivity (Wildman–Crippen MR) is 129 cm³/mol. The molecule has 3 aromatic rings. The Morgan fingerprint density at radius 1 is 1.16 bits per heavy atom. The van der Waals surface area contributed by atoms with Gasteiger partial charge in [0.1, 0.15) is 5.82 Å². The highest BCUT2D eigenvalue weighted by molar-refractivity contribution is 7.98. The molecule has 0 bridgehead atoms. The van der Waals surface area contributed by atoms with Crippen molar-refractivity contribution in [3.63, 3.8) is 0 Å². The van der Waals surface area contributed by atoms with E-state index in [1.54, 1.807) is 18.8 Å². The molecular weight excluding hydrogens is 422 g/mol. The van der Waals surface area contributed by atoms with Crippen molar-refractivity contribution in [1.82, 2.24) is 15.3 Å². The summed E-state index contributed by atoms with van der Waals surface area (Å²) in [6.07, 6.45) is 0. The number of nitrogens with one attached hydrogen (secondary N) is 2. The molecule has 2 N–H and O–H groups in total. The van der Waals surface area contributed by atoms with Gasteiger partial charge in [-0.1, -0.05) is 18.2 Å². The van der Waals surface area contributed by atoms with Gasteiger partial charge in [0, 0.05) is 41.6 Å². The van der Waals surface area contributed by atoms with Crippen LogP contribution in [0.1, 0.15) is 12.6 Å². The van der Waals surface area contributed by atoms with Gasteiger partial charge in [-0.3, -0.25) is 0 Å². The molecule has 1 atom stereocenters. The van der Waals surface area contributed by atoms with Gasteiger partial charge >= 0.3 is 6.03 Å². The molecule has 1 aliphatic rings. The van der Waals surface area contributed by atoms with E-state index in [0.717, 1.165) is 29.4 Å². The Hall–Kier alpha value is -3.10. The zero-order chi connectivity index (χ0) is 22.3. The lowest BCUT2D eigenvalue weighted by atomic mass is 10.2. The summed E-state index contributed by atoms with van der Waals surface area (Å²) < 4.78 is 5.61. The fraction of sp³-hybridized carbons (Fsp3) is 0.292. The first-order valence-corrected chi connectivity index (χ1v) is 11.6. The van der Waals surface area contributed by atoms with E-state index in [-0.39, 0.29) is 12.1 Å². The molecule has 0 spiro atoms. The number of morpholine rings is 1.